The number of rotatable bonds is 13. The lowest BCUT2D eigenvalue weighted by molar-refractivity contribution is -0.149. The molecule has 13 nitrogen and oxygen atoms in total. The number of alkyl halides is 1. The van der Waals surface area contributed by atoms with Gasteiger partial charge in [0.15, 0.2) is 11.3 Å². The van der Waals surface area contributed by atoms with Crippen LogP contribution in [0, 0.1) is 11.3 Å². The number of ether oxygens (including phenoxy) is 2. The van der Waals surface area contributed by atoms with Crippen molar-refractivity contribution in [3.05, 3.63) is 33.1 Å². The quantitative estimate of drug-likeness (QED) is 0.171. The molecule has 0 aliphatic carbocycles. The number of carbonyl (C=O) groups excluding carboxylic acids is 2. The van der Waals surface area contributed by atoms with Gasteiger partial charge in [-0.05, 0) is 20.8 Å². The van der Waals surface area contributed by atoms with Crippen molar-refractivity contribution in [2.45, 2.75) is 72.1 Å². The number of aromatic amines is 1. The van der Waals surface area contributed by atoms with Gasteiger partial charge in [-0.1, -0.05) is 32.5 Å². The number of nitrogens with one attached hydrogen (secondary N) is 2. The van der Waals surface area contributed by atoms with E-state index in [0.717, 1.165) is 28.6 Å². The zero-order chi connectivity index (χ0) is 29.5. The number of carbonyl (C=O) groups is 2. The smallest absolute Gasteiger partial charge is 0.406 e. The second-order valence-electron chi connectivity index (χ2n) is 10.2. The summed E-state index contributed by atoms with van der Waals surface area (Å²) in [6.07, 6.45) is -3.36. The van der Waals surface area contributed by atoms with Crippen LogP contribution in [-0.2, 0) is 32.7 Å². The highest BCUT2D eigenvalue weighted by molar-refractivity contribution is 8.13. The second kappa shape index (κ2) is 14.2. The van der Waals surface area contributed by atoms with Crippen LogP contribution >= 0.6 is 19.5 Å². The minimum absolute atomic E-state index is 0.105. The lowest BCUT2D eigenvalue weighted by Crippen LogP contribution is -2.37. The Morgan fingerprint density at radius 2 is 1.95 bits per heavy atom. The fourth-order valence-electron chi connectivity index (χ4n) is 3.42. The summed E-state index contributed by atoms with van der Waals surface area (Å²) in [6.45, 7) is 8.13. The van der Waals surface area contributed by atoms with Gasteiger partial charge in [-0.2, -0.15) is 0 Å². The lowest BCUT2D eigenvalue weighted by atomic mass is 10.00. The molecule has 0 unspecified atom stereocenters. The van der Waals surface area contributed by atoms with Crippen LogP contribution in [0.3, 0.4) is 0 Å². The van der Waals surface area contributed by atoms with Gasteiger partial charge < -0.3 is 14.6 Å². The number of hydrogen-bond donors (Lipinski definition) is 3. The van der Waals surface area contributed by atoms with Crippen molar-refractivity contribution in [1.82, 2.24) is 14.6 Å². The maximum atomic E-state index is 13.9. The van der Waals surface area contributed by atoms with Crippen LogP contribution in [0.25, 0.3) is 0 Å². The fourth-order valence-corrected chi connectivity index (χ4v) is 5.81. The van der Waals surface area contributed by atoms with Crippen molar-refractivity contribution in [2.75, 3.05) is 25.6 Å². The number of thioether (sulfide) groups is 1. The normalized spacial score (nSPS) is 23.9. The lowest BCUT2D eigenvalue weighted by Gasteiger charge is -2.25. The molecule has 0 aromatic carbocycles. The van der Waals surface area contributed by atoms with E-state index in [-0.39, 0.29) is 17.5 Å². The van der Waals surface area contributed by atoms with Gasteiger partial charge in [0, 0.05) is 29.3 Å². The molecule has 222 valence electrons. The highest BCUT2D eigenvalue weighted by Gasteiger charge is 2.46. The van der Waals surface area contributed by atoms with E-state index in [1.54, 1.807) is 34.6 Å². The van der Waals surface area contributed by atoms with E-state index in [0.29, 0.717) is 0 Å². The number of esters is 1. The highest BCUT2D eigenvalue weighted by Crippen LogP contribution is 2.46. The van der Waals surface area contributed by atoms with Crippen LogP contribution in [0.4, 0.5) is 4.39 Å². The molecule has 1 aromatic heterocycles. The zero-order valence-electron chi connectivity index (χ0n) is 22.7. The molecule has 39 heavy (non-hydrogen) atoms. The summed E-state index contributed by atoms with van der Waals surface area (Å²) in [5.41, 5.74) is -2.13. The van der Waals surface area contributed by atoms with E-state index in [9.17, 15) is 33.2 Å². The van der Waals surface area contributed by atoms with E-state index in [4.69, 9.17) is 18.5 Å². The van der Waals surface area contributed by atoms with Crippen LogP contribution in [0.5, 0.6) is 0 Å². The molecular formula is C23H37FN3O10PS. The summed E-state index contributed by atoms with van der Waals surface area (Å²) in [4.78, 5) is 50.0. The molecule has 0 amide bonds. The topological polar surface area (TPSA) is 175 Å². The second-order valence-corrected chi connectivity index (χ2v) is 13.1. The van der Waals surface area contributed by atoms with E-state index in [1.807, 2.05) is 4.98 Å². The molecule has 1 fully saturated rings. The van der Waals surface area contributed by atoms with Crippen molar-refractivity contribution < 1.29 is 42.2 Å². The maximum Gasteiger partial charge on any atom is 0.406 e. The van der Waals surface area contributed by atoms with Crippen LogP contribution in [-0.4, -0.2) is 75.7 Å². The molecule has 16 heteroatoms. The van der Waals surface area contributed by atoms with Gasteiger partial charge in [-0.3, -0.25) is 37.4 Å². The van der Waals surface area contributed by atoms with Gasteiger partial charge in [0.05, 0.1) is 32.1 Å². The number of aliphatic hydroxyl groups excluding tert-OH is 1. The third-order valence-corrected chi connectivity index (χ3v) is 8.44. The Kier molecular flexibility index (Phi) is 12.1. The van der Waals surface area contributed by atoms with E-state index in [2.05, 4.69) is 5.09 Å². The molecule has 1 aromatic rings. The predicted molar refractivity (Wildman–Crippen MR) is 141 cm³/mol. The van der Waals surface area contributed by atoms with Crippen LogP contribution in [0.1, 0.15) is 47.8 Å². The predicted octanol–water partition coefficient (Wildman–Crippen LogP) is 1.76. The Hall–Kier alpha value is -1.87. The van der Waals surface area contributed by atoms with Gasteiger partial charge in [0.2, 0.25) is 0 Å². The largest absolute Gasteiger partial charge is 0.462 e. The molecule has 1 aliphatic heterocycles. The standard InChI is InChI=1S/C23H37FN3O10PS/c1-13(2)36-20(30)14(3)26-38(33,34-9-10-39-21(31)23(4,5)6)35-12-16-15(11-24)18(29)19(37-16)27-8-7-17(28)25-22(27)32/h7-8,13-16,18-19,29H,9-12H2,1-6H3,(H,26,33)(H,25,28,32)/t14-,15-,16-,18-,19-,38+/m1/s1. The number of aliphatic hydroxyl groups is 1. The van der Waals surface area contributed by atoms with Gasteiger partial charge in [0.1, 0.15) is 12.1 Å². The molecule has 0 bridgehead atoms. The van der Waals surface area contributed by atoms with Crippen LogP contribution < -0.4 is 16.3 Å². The van der Waals surface area contributed by atoms with Crippen molar-refractivity contribution in [3.63, 3.8) is 0 Å². The summed E-state index contributed by atoms with van der Waals surface area (Å²) >= 11 is 0.981. The average Bonchev–Trinajstić information content (AvgIpc) is 3.14. The summed E-state index contributed by atoms with van der Waals surface area (Å²) in [6, 6.07) is -0.0841. The van der Waals surface area contributed by atoms with E-state index >= 15 is 0 Å². The Labute approximate surface area is 229 Å². The minimum atomic E-state index is -4.27. The zero-order valence-corrected chi connectivity index (χ0v) is 24.5. The molecule has 0 radical (unpaired) electrons. The van der Waals surface area contributed by atoms with Crippen molar-refractivity contribution in [2.24, 2.45) is 11.3 Å². The van der Waals surface area contributed by atoms with Gasteiger partial charge in [-0.25, -0.2) is 14.4 Å². The molecule has 1 aliphatic rings. The molecular weight excluding hydrogens is 560 g/mol. The SMILES string of the molecule is CC(C)OC(=O)[C@@H](C)N[P@](=O)(OCCSC(=O)C(C)(C)C)OC[C@H]1O[C@@H](n2ccc(=O)[nH]c2=O)[C@H](O)[C@@H]1CF. The third-order valence-electron chi connectivity index (χ3n) is 5.48. The van der Waals surface area contributed by atoms with Gasteiger partial charge in [-0.15, -0.1) is 0 Å². The Bertz CT molecular complexity index is 1150. The fraction of sp³-hybridized carbons (Fsp3) is 0.739. The third kappa shape index (κ3) is 9.62. The Morgan fingerprint density at radius 3 is 2.51 bits per heavy atom. The maximum absolute atomic E-state index is 13.9. The molecule has 6 atom stereocenters. The first-order valence-corrected chi connectivity index (χ1v) is 14.9. The van der Waals surface area contributed by atoms with E-state index in [1.165, 1.54) is 6.92 Å². The van der Waals surface area contributed by atoms with Gasteiger partial charge >= 0.3 is 19.4 Å². The molecule has 1 saturated heterocycles. The van der Waals surface area contributed by atoms with Gasteiger partial charge in [0.25, 0.3) is 5.56 Å². The summed E-state index contributed by atoms with van der Waals surface area (Å²) in [5, 5.41) is 13.0. The minimum Gasteiger partial charge on any atom is -0.462 e. The molecule has 3 N–H and O–H groups in total. The number of nitrogens with zero attached hydrogens (tertiary/aromatic N) is 1. The summed E-state index contributed by atoms with van der Waals surface area (Å²) in [5.74, 6) is -1.76. The summed E-state index contributed by atoms with van der Waals surface area (Å²) in [7, 11) is -4.27. The summed E-state index contributed by atoms with van der Waals surface area (Å²) < 4.78 is 50.1. The number of halogens is 1. The van der Waals surface area contributed by atoms with Crippen molar-refractivity contribution in [1.29, 1.82) is 0 Å². The monoisotopic (exact) mass is 597 g/mol. The number of hydrogen-bond acceptors (Lipinski definition) is 11. The molecule has 0 spiro atoms. The van der Waals surface area contributed by atoms with Crippen LogP contribution in [0.15, 0.2) is 21.9 Å². The number of aromatic nitrogens is 2. The first-order chi connectivity index (χ1) is 18.1. The highest BCUT2D eigenvalue weighted by atomic mass is 32.2. The molecule has 2 rings (SSSR count). The van der Waals surface area contributed by atoms with Crippen molar-refractivity contribution >= 4 is 30.6 Å². The Balaban J connectivity index is 2.15. The average molecular weight is 598 g/mol. The Morgan fingerprint density at radius 1 is 1.28 bits per heavy atom. The molecule has 2 heterocycles. The first-order valence-electron chi connectivity index (χ1n) is 12.3. The molecule has 0 saturated carbocycles. The van der Waals surface area contributed by atoms with E-state index < -0.39 is 80.2 Å². The van der Waals surface area contributed by atoms with Crippen molar-refractivity contribution in [3.8, 4) is 0 Å². The first kappa shape index (κ1) is 33.3. The van der Waals surface area contributed by atoms with Crippen LogP contribution in [0.2, 0.25) is 0 Å². The number of H-pyrrole nitrogens is 1.